The number of hydrogen-bond donors (Lipinski definition) is 0. The molecule has 1 amide bonds. The quantitative estimate of drug-likeness (QED) is 0.0894. The Morgan fingerprint density at radius 2 is 1.78 bits per heavy atom. The molecule has 0 spiro atoms. The summed E-state index contributed by atoms with van der Waals surface area (Å²) >= 11 is 0. The van der Waals surface area contributed by atoms with Crippen molar-refractivity contribution >= 4 is 35.0 Å². The van der Waals surface area contributed by atoms with Gasteiger partial charge in [-0.15, -0.1) is 0 Å². The molecule has 1 atom stereocenters. The van der Waals surface area contributed by atoms with Crippen LogP contribution in [-0.2, 0) is 48.9 Å². The first-order chi connectivity index (χ1) is 27.8. The Hall–Kier alpha value is -5.23. The molecule has 0 radical (unpaired) electrons. The lowest BCUT2D eigenvalue weighted by molar-refractivity contribution is -0.263. The van der Waals surface area contributed by atoms with Crippen LogP contribution in [0, 0.1) is 0 Å². The fourth-order valence-corrected chi connectivity index (χ4v) is 8.39. The zero-order valence-electron chi connectivity index (χ0n) is 32.4. The normalized spacial score (nSPS) is 20.0. The van der Waals surface area contributed by atoms with Crippen LogP contribution in [0.5, 0.6) is 5.75 Å². The van der Waals surface area contributed by atoms with E-state index in [9.17, 15) is 37.5 Å². The predicted molar refractivity (Wildman–Crippen MR) is 199 cm³/mol. The highest BCUT2D eigenvalue weighted by atomic mass is 19.4. The van der Waals surface area contributed by atoms with Crippen molar-refractivity contribution in [2.75, 3.05) is 52.5 Å². The van der Waals surface area contributed by atoms with Crippen LogP contribution < -0.4 is 15.4 Å². The number of nitrogens with zero attached hydrogens (tertiary/aromatic N) is 5. The van der Waals surface area contributed by atoms with Gasteiger partial charge < -0.3 is 43.2 Å². The zero-order chi connectivity index (χ0) is 41.2. The highest BCUT2D eigenvalue weighted by Gasteiger charge is 2.51. The number of aliphatic imine (C=N–C) groups is 1. The summed E-state index contributed by atoms with van der Waals surface area (Å²) in [6.45, 7) is 5.37. The van der Waals surface area contributed by atoms with E-state index in [1.807, 2.05) is 6.92 Å². The van der Waals surface area contributed by atoms with Gasteiger partial charge in [0.05, 0.1) is 54.7 Å². The maximum Gasteiger partial charge on any atom is 0.509 e. The molecular weight excluding hydrogens is 767 g/mol. The fourth-order valence-electron chi connectivity index (χ4n) is 8.39. The lowest BCUT2D eigenvalue weighted by Gasteiger charge is -2.39. The number of likely N-dealkylation sites (tertiary alicyclic amines) is 2. The van der Waals surface area contributed by atoms with Crippen molar-refractivity contribution in [3.05, 3.63) is 56.9 Å². The number of aromatic nitrogens is 2. The number of hydrogen-bond acceptors (Lipinski definition) is 13. The first-order valence-corrected chi connectivity index (χ1v) is 19.7. The predicted octanol–water partition coefficient (Wildman–Crippen LogP) is 4.59. The number of alkyl halides is 3. The van der Waals surface area contributed by atoms with Crippen LogP contribution in [0.15, 0.2) is 34.1 Å². The first kappa shape index (κ1) is 40.9. The number of pyridine rings is 2. The fraction of sp³-hybridized carbons (Fsp3) is 0.550. The number of amides is 1. The van der Waals surface area contributed by atoms with E-state index >= 15 is 0 Å². The van der Waals surface area contributed by atoms with Gasteiger partial charge in [0.1, 0.15) is 19.0 Å². The minimum atomic E-state index is -5.08. The molecule has 2 aromatic heterocycles. The molecule has 4 aliphatic rings. The van der Waals surface area contributed by atoms with Crippen molar-refractivity contribution < 1.29 is 56.3 Å². The van der Waals surface area contributed by atoms with Crippen molar-refractivity contribution in [3.63, 3.8) is 0 Å². The molecule has 312 valence electrons. The molecule has 6 heterocycles. The molecule has 3 aromatic rings. The van der Waals surface area contributed by atoms with E-state index in [0.717, 1.165) is 42.4 Å². The van der Waals surface area contributed by atoms with E-state index in [1.165, 1.54) is 19.3 Å². The molecule has 18 heteroatoms. The molecule has 0 aliphatic carbocycles. The Morgan fingerprint density at radius 1 is 1.02 bits per heavy atom. The highest BCUT2D eigenvalue weighted by Crippen LogP contribution is 2.42. The number of ether oxygens (including phenoxy) is 5. The number of carbonyl (C=O) groups excluding carboxylic acids is 3. The third-order valence-electron chi connectivity index (χ3n) is 11.4. The molecule has 0 N–H and O–H groups in total. The minimum absolute atomic E-state index is 0.113. The van der Waals surface area contributed by atoms with Crippen molar-refractivity contribution in [1.82, 2.24) is 19.4 Å². The number of benzene rings is 1. The van der Waals surface area contributed by atoms with Crippen molar-refractivity contribution in [1.29, 1.82) is 0 Å². The van der Waals surface area contributed by atoms with Crippen LogP contribution in [0.4, 0.5) is 22.8 Å². The van der Waals surface area contributed by atoms with Crippen LogP contribution in [0.3, 0.4) is 0 Å². The Morgan fingerprint density at radius 3 is 2.48 bits per heavy atom. The van der Waals surface area contributed by atoms with Gasteiger partial charge in [-0.05, 0) is 81.4 Å². The molecule has 7 rings (SSSR count). The maximum atomic E-state index is 14.1. The highest BCUT2D eigenvalue weighted by molar-refractivity contribution is 5.91. The van der Waals surface area contributed by atoms with E-state index in [1.54, 1.807) is 40.7 Å². The number of cyclic esters (lactones) is 1. The standard InChI is InChI=1S/C40H46F3N5O10/c1-3-26-27-20-25(57-37(52)47-15-10-24(11-16-47)46-13-6-5-7-14-46)8-9-31(27)45-33-28(26)22-48-32(33)21-30-29(34(48)49)23-56-36(51)39(30,4-2)58-38(53)55-19-18-54-17-12-44-35(50)40(41,42)43/h8-9,20-21,24H,3-7,10-19,22-23H2,1-2H3,(H,44,50)/p-1/t39-/m0/s1. The number of fused-ring (bicyclic) bond motifs is 5. The second-order valence-electron chi connectivity index (χ2n) is 14.7. The number of aryl methyl sites for hydroxylation is 1. The molecule has 4 aliphatic heterocycles. The SMILES string of the molecule is CCc1c2c(nc3ccc(OC(=O)N4CCC(N5CCCCC5)CC4)cc13)-c1cc3c(c(=O)n1C2)COC(=O)[C@@]3(CC)OC(=O)OCCOCCN=C([O-])C(F)(F)F. The summed E-state index contributed by atoms with van der Waals surface area (Å²) in [5.74, 6) is -2.74. The lowest BCUT2D eigenvalue weighted by atomic mass is 9.85. The van der Waals surface area contributed by atoms with Gasteiger partial charge in [-0.25, -0.2) is 19.4 Å². The van der Waals surface area contributed by atoms with Crippen LogP contribution in [-0.4, -0.2) is 108 Å². The third-order valence-corrected chi connectivity index (χ3v) is 11.4. The summed E-state index contributed by atoms with van der Waals surface area (Å²) in [6, 6.07) is 7.39. The lowest BCUT2D eigenvalue weighted by Crippen LogP contribution is -2.48. The Kier molecular flexibility index (Phi) is 12.0. The largest absolute Gasteiger partial charge is 0.856 e. The summed E-state index contributed by atoms with van der Waals surface area (Å²) in [6.07, 6.45) is -0.707. The van der Waals surface area contributed by atoms with E-state index in [2.05, 4.69) is 9.89 Å². The monoisotopic (exact) mass is 812 g/mol. The molecule has 2 fully saturated rings. The van der Waals surface area contributed by atoms with Gasteiger partial charge in [0.25, 0.3) is 5.56 Å². The maximum absolute atomic E-state index is 14.1. The summed E-state index contributed by atoms with van der Waals surface area (Å²) in [4.78, 5) is 65.7. The summed E-state index contributed by atoms with van der Waals surface area (Å²) in [5.41, 5.74) is 1.06. The van der Waals surface area contributed by atoms with Crippen molar-refractivity contribution in [2.45, 2.75) is 89.8 Å². The van der Waals surface area contributed by atoms with Crippen LogP contribution in [0.25, 0.3) is 22.3 Å². The number of halogens is 3. The second-order valence-corrected chi connectivity index (χ2v) is 14.7. The third kappa shape index (κ3) is 8.08. The first-order valence-electron chi connectivity index (χ1n) is 19.7. The van der Waals surface area contributed by atoms with E-state index in [-0.39, 0.29) is 43.9 Å². The number of esters is 1. The average molecular weight is 813 g/mol. The molecule has 58 heavy (non-hydrogen) atoms. The number of rotatable bonds is 11. The molecule has 0 unspecified atom stereocenters. The zero-order valence-corrected chi connectivity index (χ0v) is 32.4. The summed E-state index contributed by atoms with van der Waals surface area (Å²) in [5, 5.41) is 11.6. The number of piperidine rings is 2. The molecule has 0 saturated carbocycles. The van der Waals surface area contributed by atoms with Gasteiger partial charge in [0, 0.05) is 35.6 Å². The smallest absolute Gasteiger partial charge is 0.509 e. The molecule has 2 saturated heterocycles. The Bertz CT molecular complexity index is 2160. The Balaban J connectivity index is 1.07. The van der Waals surface area contributed by atoms with Gasteiger partial charge in [0.15, 0.2) is 0 Å². The Labute approximate surface area is 331 Å². The van der Waals surface area contributed by atoms with Crippen LogP contribution >= 0.6 is 0 Å². The molecule has 1 aromatic carbocycles. The molecule has 15 nitrogen and oxygen atoms in total. The topological polar surface area (TPSA) is 174 Å². The van der Waals surface area contributed by atoms with Crippen molar-refractivity contribution in [3.8, 4) is 17.1 Å². The van der Waals surface area contributed by atoms with Gasteiger partial charge in [-0.1, -0.05) is 20.3 Å². The number of carbonyl (C=O) groups is 3. The minimum Gasteiger partial charge on any atom is -0.856 e. The van der Waals surface area contributed by atoms with Gasteiger partial charge in [-0.3, -0.25) is 9.79 Å². The average Bonchev–Trinajstić information content (AvgIpc) is 3.59. The second kappa shape index (κ2) is 16.9. The van der Waals surface area contributed by atoms with E-state index in [4.69, 9.17) is 28.7 Å². The molecular formula is C40H45F3N5O10-. The van der Waals surface area contributed by atoms with Crippen LogP contribution in [0.2, 0.25) is 0 Å². The van der Waals surface area contributed by atoms with Gasteiger partial charge in [0.2, 0.25) is 5.60 Å². The van der Waals surface area contributed by atoms with E-state index < -0.39 is 54.6 Å². The van der Waals surface area contributed by atoms with Crippen LogP contribution in [0.1, 0.15) is 74.6 Å². The summed E-state index contributed by atoms with van der Waals surface area (Å²) in [7, 11) is 0. The summed E-state index contributed by atoms with van der Waals surface area (Å²) < 4.78 is 65.4. The van der Waals surface area contributed by atoms with Gasteiger partial charge in [-0.2, -0.15) is 13.2 Å². The van der Waals surface area contributed by atoms with E-state index in [0.29, 0.717) is 48.2 Å². The van der Waals surface area contributed by atoms with Crippen molar-refractivity contribution in [2.24, 2.45) is 4.99 Å². The van der Waals surface area contributed by atoms with Gasteiger partial charge >= 0.3 is 24.4 Å². The molecule has 0 bridgehead atoms.